The number of ketones is 1. The molecule has 0 aliphatic heterocycles. The van der Waals surface area contributed by atoms with E-state index < -0.39 is 27.0 Å². The van der Waals surface area contributed by atoms with Gasteiger partial charge in [-0.15, -0.1) is 0 Å². The van der Waals surface area contributed by atoms with Crippen molar-refractivity contribution in [2.24, 2.45) is 0 Å². The van der Waals surface area contributed by atoms with Crippen LogP contribution in [0.15, 0.2) is 12.1 Å². The van der Waals surface area contributed by atoms with E-state index in [0.717, 1.165) is 12.1 Å². The van der Waals surface area contributed by atoms with E-state index in [-0.39, 0.29) is 10.6 Å². The van der Waals surface area contributed by atoms with Crippen molar-refractivity contribution in [3.63, 3.8) is 0 Å². The number of phenolic OH excluding ortho intramolecular Hbond substituents is 1. The number of rotatable bonds is 3. The molecule has 5 nitrogen and oxygen atoms in total. The minimum absolute atomic E-state index is 0.0677. The summed E-state index contributed by atoms with van der Waals surface area (Å²) in [4.78, 5) is 19.6. The molecule has 0 bridgehead atoms. The highest BCUT2D eigenvalue weighted by Gasteiger charge is 2.25. The average Bonchev–Trinajstić information content (AvgIpc) is 2.19. The number of halogens is 3. The normalized spacial score (nSPS) is 10.5. The van der Waals surface area contributed by atoms with Crippen LogP contribution in [0, 0.1) is 10.1 Å². The first-order valence-electron chi connectivity index (χ1n) is 3.84. The molecule has 0 unspecified atom stereocenters. The van der Waals surface area contributed by atoms with Crippen molar-refractivity contribution in [2.45, 2.75) is 4.84 Å². The SMILES string of the molecule is O=C(c1cc(Cl)cc([N+](=O)[O-])c1O)C(Cl)Cl. The molecule has 8 heteroatoms. The van der Waals surface area contributed by atoms with Crippen molar-refractivity contribution in [1.82, 2.24) is 0 Å². The molecule has 0 amide bonds. The van der Waals surface area contributed by atoms with Crippen LogP contribution in [0.5, 0.6) is 5.75 Å². The summed E-state index contributed by atoms with van der Waals surface area (Å²) in [6.45, 7) is 0. The molecule has 1 aromatic rings. The van der Waals surface area contributed by atoms with Crippen LogP contribution in [0.2, 0.25) is 5.02 Å². The van der Waals surface area contributed by atoms with Gasteiger partial charge in [0, 0.05) is 11.1 Å². The summed E-state index contributed by atoms with van der Waals surface area (Å²) in [5.41, 5.74) is -1.06. The second kappa shape index (κ2) is 4.86. The number of alkyl halides is 2. The Bertz CT molecular complexity index is 461. The Kier molecular flexibility index (Phi) is 3.96. The van der Waals surface area contributed by atoms with E-state index in [0.29, 0.717) is 0 Å². The third kappa shape index (κ3) is 2.55. The van der Waals surface area contributed by atoms with E-state index in [1.165, 1.54) is 0 Å². The maximum Gasteiger partial charge on any atom is 0.312 e. The summed E-state index contributed by atoms with van der Waals surface area (Å²) < 4.78 is 0. The number of nitro groups is 1. The van der Waals surface area contributed by atoms with Crippen LogP contribution < -0.4 is 0 Å². The van der Waals surface area contributed by atoms with Crippen molar-refractivity contribution >= 4 is 46.3 Å². The summed E-state index contributed by atoms with van der Waals surface area (Å²) in [5.74, 6) is -1.66. The fourth-order valence-electron chi connectivity index (χ4n) is 1.03. The zero-order valence-corrected chi connectivity index (χ0v) is 9.75. The molecule has 86 valence electrons. The van der Waals surface area contributed by atoms with Crippen molar-refractivity contribution in [2.75, 3.05) is 0 Å². The van der Waals surface area contributed by atoms with Crippen molar-refractivity contribution in [1.29, 1.82) is 0 Å². The highest BCUT2D eigenvalue weighted by molar-refractivity contribution is 6.55. The Morgan fingerprint density at radius 3 is 2.44 bits per heavy atom. The quantitative estimate of drug-likeness (QED) is 0.400. The zero-order chi connectivity index (χ0) is 12.5. The average molecular weight is 284 g/mol. The second-order valence-electron chi connectivity index (χ2n) is 2.74. The number of Topliss-reactive ketones (excluding diaryl/α,β-unsaturated/α-hetero) is 1. The number of carbonyl (C=O) groups excluding carboxylic acids is 1. The first-order chi connectivity index (χ1) is 7.34. The van der Waals surface area contributed by atoms with Crippen LogP contribution in [0.25, 0.3) is 0 Å². The number of benzene rings is 1. The van der Waals surface area contributed by atoms with Crippen molar-refractivity contribution in [3.05, 3.63) is 32.8 Å². The Morgan fingerprint density at radius 1 is 1.44 bits per heavy atom. The molecule has 0 radical (unpaired) electrons. The summed E-state index contributed by atoms with van der Waals surface area (Å²) in [5, 5.41) is 19.9. The summed E-state index contributed by atoms with van der Waals surface area (Å²) in [6, 6.07) is 1.98. The molecule has 0 aliphatic carbocycles. The van der Waals surface area contributed by atoms with E-state index in [4.69, 9.17) is 34.8 Å². The van der Waals surface area contributed by atoms with Crippen molar-refractivity contribution < 1.29 is 14.8 Å². The molecule has 1 N–H and O–H groups in total. The lowest BCUT2D eigenvalue weighted by atomic mass is 10.1. The molecule has 0 fully saturated rings. The molecule has 1 rings (SSSR count). The zero-order valence-electron chi connectivity index (χ0n) is 7.49. The third-order valence-electron chi connectivity index (χ3n) is 1.71. The van der Waals surface area contributed by atoms with E-state index in [1.54, 1.807) is 0 Å². The maximum atomic E-state index is 11.4. The molecule has 1 aromatic carbocycles. The van der Waals surface area contributed by atoms with Crippen LogP contribution >= 0.6 is 34.8 Å². The number of carbonyl (C=O) groups is 1. The van der Waals surface area contributed by atoms with Gasteiger partial charge >= 0.3 is 5.69 Å². The van der Waals surface area contributed by atoms with Crippen LogP contribution in [0.1, 0.15) is 10.4 Å². The van der Waals surface area contributed by atoms with E-state index >= 15 is 0 Å². The highest BCUT2D eigenvalue weighted by Crippen LogP contribution is 2.34. The second-order valence-corrected chi connectivity index (χ2v) is 4.28. The molecule has 0 atom stereocenters. The number of hydrogen-bond acceptors (Lipinski definition) is 4. The van der Waals surface area contributed by atoms with Crippen LogP contribution in [0.4, 0.5) is 5.69 Å². The van der Waals surface area contributed by atoms with Gasteiger partial charge in [-0.2, -0.15) is 0 Å². The summed E-state index contributed by atoms with van der Waals surface area (Å²) in [6.07, 6.45) is 0. The number of phenols is 1. The predicted octanol–water partition coefficient (Wildman–Crippen LogP) is 2.94. The number of hydrogen-bond donors (Lipinski definition) is 1. The third-order valence-corrected chi connectivity index (χ3v) is 2.33. The molecule has 0 saturated heterocycles. The van der Waals surface area contributed by atoms with E-state index in [9.17, 15) is 20.0 Å². The molecular formula is C8H4Cl3NO4. The van der Waals surface area contributed by atoms with Gasteiger partial charge in [0.1, 0.15) is 0 Å². The van der Waals surface area contributed by atoms with Crippen LogP contribution in [0.3, 0.4) is 0 Å². The van der Waals surface area contributed by atoms with Crippen molar-refractivity contribution in [3.8, 4) is 5.75 Å². The van der Waals surface area contributed by atoms with Gasteiger partial charge in [0.2, 0.25) is 5.75 Å². The molecular weight excluding hydrogens is 280 g/mol. The number of aromatic hydroxyl groups is 1. The van der Waals surface area contributed by atoms with Crippen LogP contribution in [-0.4, -0.2) is 20.6 Å². The largest absolute Gasteiger partial charge is 0.502 e. The van der Waals surface area contributed by atoms with Gasteiger partial charge in [0.15, 0.2) is 10.6 Å². The first-order valence-corrected chi connectivity index (χ1v) is 5.09. The lowest BCUT2D eigenvalue weighted by Gasteiger charge is -2.05. The van der Waals surface area contributed by atoms with Crippen LogP contribution in [-0.2, 0) is 0 Å². The molecule has 0 aromatic heterocycles. The fraction of sp³-hybridized carbons (Fsp3) is 0.125. The minimum atomic E-state index is -1.43. The summed E-state index contributed by atoms with van der Waals surface area (Å²) in [7, 11) is 0. The lowest BCUT2D eigenvalue weighted by molar-refractivity contribution is -0.385. The Labute approximate surface area is 105 Å². The van der Waals surface area contributed by atoms with Gasteiger partial charge in [0.05, 0.1) is 10.5 Å². The molecule has 0 aliphatic rings. The first kappa shape index (κ1) is 13.0. The van der Waals surface area contributed by atoms with E-state index in [1.807, 2.05) is 0 Å². The topological polar surface area (TPSA) is 80.4 Å². The fourth-order valence-corrected chi connectivity index (χ4v) is 1.48. The standard InChI is InChI=1S/C8H4Cl3NO4/c9-3-1-4(7(14)8(10)11)6(13)5(2-3)12(15)16/h1-2,8,13H. The Hall–Kier alpha value is -1.04. The highest BCUT2D eigenvalue weighted by atomic mass is 35.5. The number of nitro benzene ring substituents is 1. The lowest BCUT2D eigenvalue weighted by Crippen LogP contribution is -2.09. The van der Waals surface area contributed by atoms with Gasteiger partial charge in [-0.05, 0) is 6.07 Å². The monoisotopic (exact) mass is 283 g/mol. The van der Waals surface area contributed by atoms with E-state index in [2.05, 4.69) is 0 Å². The Morgan fingerprint density at radius 2 is 2.00 bits per heavy atom. The number of nitrogens with zero attached hydrogens (tertiary/aromatic N) is 1. The van der Waals surface area contributed by atoms with Gasteiger partial charge in [-0.25, -0.2) is 0 Å². The van der Waals surface area contributed by atoms with Gasteiger partial charge in [-0.1, -0.05) is 34.8 Å². The van der Waals surface area contributed by atoms with Gasteiger partial charge in [-0.3, -0.25) is 14.9 Å². The molecule has 0 saturated carbocycles. The predicted molar refractivity (Wildman–Crippen MR) is 59.6 cm³/mol. The summed E-state index contributed by atoms with van der Waals surface area (Å²) >= 11 is 16.2. The molecule has 16 heavy (non-hydrogen) atoms. The Balaban J connectivity index is 3.41. The minimum Gasteiger partial charge on any atom is -0.502 e. The van der Waals surface area contributed by atoms with Gasteiger partial charge in [0.25, 0.3) is 0 Å². The van der Waals surface area contributed by atoms with Gasteiger partial charge < -0.3 is 5.11 Å². The maximum absolute atomic E-state index is 11.4. The smallest absolute Gasteiger partial charge is 0.312 e. The molecule has 0 heterocycles. The molecule has 0 spiro atoms.